The first kappa shape index (κ1) is 20.1. The van der Waals surface area contributed by atoms with E-state index in [1.54, 1.807) is 35.2 Å². The van der Waals surface area contributed by atoms with Gasteiger partial charge in [-0.2, -0.15) is 0 Å². The number of piperidine rings is 1. The van der Waals surface area contributed by atoms with Gasteiger partial charge in [-0.3, -0.25) is 14.4 Å². The smallest absolute Gasteiger partial charge is 0.251 e. The Morgan fingerprint density at radius 3 is 2.54 bits per heavy atom. The maximum Gasteiger partial charge on any atom is 0.251 e. The number of hydrogen-bond donors (Lipinski definition) is 2. The van der Waals surface area contributed by atoms with E-state index < -0.39 is 0 Å². The van der Waals surface area contributed by atoms with Crippen LogP contribution in [0.3, 0.4) is 0 Å². The minimum absolute atomic E-state index is 0.114. The molecule has 0 atom stereocenters. The summed E-state index contributed by atoms with van der Waals surface area (Å²) >= 11 is 3.38. The van der Waals surface area contributed by atoms with E-state index in [1.165, 1.54) is 0 Å². The average molecular weight is 444 g/mol. The van der Waals surface area contributed by atoms with Crippen molar-refractivity contribution >= 4 is 45.0 Å². The van der Waals surface area contributed by atoms with Crippen molar-refractivity contribution in [3.8, 4) is 0 Å². The van der Waals surface area contributed by atoms with Crippen LogP contribution in [0.1, 0.15) is 35.2 Å². The normalized spacial score (nSPS) is 13.9. The van der Waals surface area contributed by atoms with Crippen LogP contribution in [0.2, 0.25) is 0 Å². The third-order valence-electron chi connectivity index (χ3n) is 4.64. The zero-order chi connectivity index (χ0) is 20.1. The molecule has 1 saturated heterocycles. The van der Waals surface area contributed by atoms with Crippen molar-refractivity contribution < 1.29 is 14.4 Å². The van der Waals surface area contributed by atoms with E-state index in [4.69, 9.17) is 0 Å². The summed E-state index contributed by atoms with van der Waals surface area (Å²) in [7, 11) is 0. The number of benzene rings is 2. The molecule has 0 radical (unpaired) electrons. The maximum absolute atomic E-state index is 12.3. The Balaban J connectivity index is 1.54. The number of hydrogen-bond acceptors (Lipinski definition) is 3. The molecular weight excluding hydrogens is 422 g/mol. The monoisotopic (exact) mass is 443 g/mol. The van der Waals surface area contributed by atoms with Gasteiger partial charge in [-0.1, -0.05) is 15.9 Å². The van der Waals surface area contributed by atoms with Crippen LogP contribution in [0.4, 0.5) is 11.4 Å². The molecular formula is C21H22BrN3O3. The number of nitrogens with one attached hydrogen (secondary N) is 2. The summed E-state index contributed by atoms with van der Waals surface area (Å²) in [4.78, 5) is 38.1. The molecule has 1 aliphatic heterocycles. The fraction of sp³-hybridized carbons (Fsp3) is 0.286. The van der Waals surface area contributed by atoms with E-state index in [0.717, 1.165) is 28.6 Å². The minimum Gasteiger partial charge on any atom is -0.343 e. The van der Waals surface area contributed by atoms with Gasteiger partial charge in [-0.05, 0) is 67.8 Å². The quantitative estimate of drug-likeness (QED) is 0.739. The standard InChI is InChI=1S/C21H22BrN3O3/c1-14-12-16(22)7-10-18(14)24-19(26)13-23-21(28)15-5-8-17(9-6-15)25-11-3-2-4-20(25)27/h5-10,12H,2-4,11,13H2,1H3,(H,23,28)(H,24,26). The third-order valence-corrected chi connectivity index (χ3v) is 5.13. The molecule has 1 aliphatic rings. The van der Waals surface area contributed by atoms with Crippen molar-refractivity contribution in [3.63, 3.8) is 0 Å². The van der Waals surface area contributed by atoms with Crippen LogP contribution in [-0.4, -0.2) is 30.8 Å². The largest absolute Gasteiger partial charge is 0.343 e. The summed E-state index contributed by atoms with van der Waals surface area (Å²) in [5.74, 6) is -0.517. The highest BCUT2D eigenvalue weighted by molar-refractivity contribution is 9.10. The minimum atomic E-state index is -0.334. The van der Waals surface area contributed by atoms with Crippen molar-refractivity contribution in [1.82, 2.24) is 5.32 Å². The number of nitrogens with zero attached hydrogens (tertiary/aromatic N) is 1. The molecule has 2 aromatic rings. The second-order valence-electron chi connectivity index (χ2n) is 6.74. The summed E-state index contributed by atoms with van der Waals surface area (Å²) in [6, 6.07) is 12.4. The fourth-order valence-corrected chi connectivity index (χ4v) is 3.57. The summed E-state index contributed by atoms with van der Waals surface area (Å²) < 4.78 is 0.936. The highest BCUT2D eigenvalue weighted by Gasteiger charge is 2.19. The second-order valence-corrected chi connectivity index (χ2v) is 7.66. The van der Waals surface area contributed by atoms with Gasteiger partial charge < -0.3 is 15.5 Å². The van der Waals surface area contributed by atoms with Crippen LogP contribution in [0.15, 0.2) is 46.9 Å². The van der Waals surface area contributed by atoms with Crippen molar-refractivity contribution in [2.45, 2.75) is 26.2 Å². The molecule has 1 fully saturated rings. The molecule has 0 saturated carbocycles. The van der Waals surface area contributed by atoms with Gasteiger partial charge in [-0.15, -0.1) is 0 Å². The Labute approximate surface area is 172 Å². The van der Waals surface area contributed by atoms with E-state index in [9.17, 15) is 14.4 Å². The molecule has 6 nitrogen and oxygen atoms in total. The van der Waals surface area contributed by atoms with Crippen LogP contribution >= 0.6 is 15.9 Å². The summed E-state index contributed by atoms with van der Waals surface area (Å²) in [6.45, 7) is 2.48. The predicted octanol–water partition coefficient (Wildman–Crippen LogP) is 3.64. The Morgan fingerprint density at radius 1 is 1.11 bits per heavy atom. The van der Waals surface area contributed by atoms with E-state index >= 15 is 0 Å². The Hall–Kier alpha value is -2.67. The summed E-state index contributed by atoms with van der Waals surface area (Å²) in [5, 5.41) is 5.40. The van der Waals surface area contributed by atoms with Gasteiger partial charge in [0, 0.05) is 34.4 Å². The lowest BCUT2D eigenvalue weighted by Gasteiger charge is -2.26. The highest BCUT2D eigenvalue weighted by Crippen LogP contribution is 2.21. The first-order valence-electron chi connectivity index (χ1n) is 9.18. The van der Waals surface area contributed by atoms with Crippen LogP contribution in [0.25, 0.3) is 0 Å². The molecule has 3 rings (SSSR count). The molecule has 146 valence electrons. The lowest BCUT2D eigenvalue weighted by molar-refractivity contribution is -0.119. The lowest BCUT2D eigenvalue weighted by atomic mass is 10.1. The molecule has 7 heteroatoms. The Bertz CT molecular complexity index is 896. The average Bonchev–Trinajstić information content (AvgIpc) is 2.69. The van der Waals surface area contributed by atoms with E-state index in [0.29, 0.717) is 24.2 Å². The van der Waals surface area contributed by atoms with Crippen molar-refractivity contribution in [3.05, 3.63) is 58.1 Å². The molecule has 28 heavy (non-hydrogen) atoms. The Morgan fingerprint density at radius 2 is 1.86 bits per heavy atom. The lowest BCUT2D eigenvalue weighted by Crippen LogP contribution is -2.35. The van der Waals surface area contributed by atoms with Gasteiger partial charge >= 0.3 is 0 Å². The van der Waals surface area contributed by atoms with Gasteiger partial charge in [0.1, 0.15) is 0 Å². The molecule has 0 aromatic heterocycles. The van der Waals surface area contributed by atoms with Crippen molar-refractivity contribution in [2.24, 2.45) is 0 Å². The number of rotatable bonds is 5. The van der Waals surface area contributed by atoms with E-state index in [1.807, 2.05) is 19.1 Å². The molecule has 2 aromatic carbocycles. The van der Waals surface area contributed by atoms with Gasteiger partial charge in [0.25, 0.3) is 5.91 Å². The fourth-order valence-electron chi connectivity index (χ4n) is 3.10. The van der Waals surface area contributed by atoms with Crippen LogP contribution < -0.4 is 15.5 Å². The van der Waals surface area contributed by atoms with E-state index in [-0.39, 0.29) is 24.3 Å². The van der Waals surface area contributed by atoms with Gasteiger partial charge in [0.2, 0.25) is 11.8 Å². The van der Waals surface area contributed by atoms with Gasteiger partial charge in [0.15, 0.2) is 0 Å². The predicted molar refractivity (Wildman–Crippen MR) is 112 cm³/mol. The number of anilines is 2. The molecule has 2 N–H and O–H groups in total. The molecule has 0 aliphatic carbocycles. The first-order chi connectivity index (χ1) is 13.4. The molecule has 0 spiro atoms. The van der Waals surface area contributed by atoms with Crippen molar-refractivity contribution in [2.75, 3.05) is 23.3 Å². The number of aryl methyl sites for hydroxylation is 1. The first-order valence-corrected chi connectivity index (χ1v) is 9.98. The van der Waals surface area contributed by atoms with Crippen LogP contribution in [0, 0.1) is 6.92 Å². The van der Waals surface area contributed by atoms with Crippen molar-refractivity contribution in [1.29, 1.82) is 0 Å². The molecule has 0 bridgehead atoms. The zero-order valence-electron chi connectivity index (χ0n) is 15.6. The molecule has 3 amide bonds. The number of carbonyl (C=O) groups excluding carboxylic acids is 3. The molecule has 1 heterocycles. The Kier molecular flexibility index (Phi) is 6.46. The zero-order valence-corrected chi connectivity index (χ0v) is 17.2. The summed E-state index contributed by atoms with van der Waals surface area (Å²) in [6.07, 6.45) is 2.48. The third kappa shape index (κ3) is 4.98. The highest BCUT2D eigenvalue weighted by atomic mass is 79.9. The topological polar surface area (TPSA) is 78.5 Å². The van der Waals surface area contributed by atoms with Crippen LogP contribution in [-0.2, 0) is 9.59 Å². The van der Waals surface area contributed by atoms with Crippen LogP contribution in [0.5, 0.6) is 0 Å². The SMILES string of the molecule is Cc1cc(Br)ccc1NC(=O)CNC(=O)c1ccc(N2CCCCC2=O)cc1. The number of carbonyl (C=O) groups is 3. The molecule has 0 unspecified atom stereocenters. The number of amides is 3. The van der Waals surface area contributed by atoms with Gasteiger partial charge in [0.05, 0.1) is 6.54 Å². The summed E-state index contributed by atoms with van der Waals surface area (Å²) in [5.41, 5.74) is 2.88. The van der Waals surface area contributed by atoms with Gasteiger partial charge in [-0.25, -0.2) is 0 Å². The second kappa shape index (κ2) is 9.01. The van der Waals surface area contributed by atoms with E-state index in [2.05, 4.69) is 26.6 Å². The maximum atomic E-state index is 12.3. The number of halogens is 1.